The molecule has 1 heteroatoms. The van der Waals surface area contributed by atoms with Crippen LogP contribution in [0.2, 0.25) is 0 Å². The molecule has 0 unspecified atom stereocenters. The molecule has 0 saturated heterocycles. The van der Waals surface area contributed by atoms with Gasteiger partial charge in [0.05, 0.1) is 0 Å². The van der Waals surface area contributed by atoms with Gasteiger partial charge in [-0.2, -0.15) is 0 Å². The van der Waals surface area contributed by atoms with E-state index in [9.17, 15) is 0 Å². The molecule has 0 rings (SSSR count). The zero-order valence-electron chi connectivity index (χ0n) is 5.57. The van der Waals surface area contributed by atoms with Crippen LogP contribution < -0.4 is 5.32 Å². The Balaban J connectivity index is 3.25. The van der Waals surface area contributed by atoms with Crippen molar-refractivity contribution in [2.75, 3.05) is 0 Å². The molecule has 0 aromatic carbocycles. The van der Waals surface area contributed by atoms with Crippen molar-refractivity contribution in [2.45, 2.75) is 20.3 Å². The Morgan fingerprint density at radius 1 is 1.75 bits per heavy atom. The van der Waals surface area contributed by atoms with Gasteiger partial charge in [0.2, 0.25) is 0 Å². The van der Waals surface area contributed by atoms with Crippen molar-refractivity contribution in [2.24, 2.45) is 0 Å². The largest absolute Gasteiger partial charge is 0.366 e. The Hall–Kier alpha value is -0.720. The maximum Gasteiger partial charge on any atom is 0.00705 e. The fourth-order valence-electron chi connectivity index (χ4n) is 0.303. The highest BCUT2D eigenvalue weighted by Crippen LogP contribution is 1.88. The average Bonchev–Trinajstić information content (AvgIpc) is 1.83. The van der Waals surface area contributed by atoms with Gasteiger partial charge in [0.1, 0.15) is 0 Å². The zero-order valence-corrected chi connectivity index (χ0v) is 5.57. The Kier molecular flexibility index (Phi) is 4.04. The summed E-state index contributed by atoms with van der Waals surface area (Å²) in [7, 11) is 0. The summed E-state index contributed by atoms with van der Waals surface area (Å²) in [6.45, 7) is 7.78. The zero-order chi connectivity index (χ0) is 6.41. The molecule has 0 amide bonds. The van der Waals surface area contributed by atoms with E-state index in [-0.39, 0.29) is 0 Å². The third-order valence-corrected chi connectivity index (χ3v) is 0.881. The van der Waals surface area contributed by atoms with Crippen LogP contribution in [0.4, 0.5) is 0 Å². The standard InChI is InChI=1S/C7H13N/c1-4-6-8-7(3)5-2/h4,6,8H,3,5H2,1-2H3/b6-4-. The van der Waals surface area contributed by atoms with Crippen LogP contribution in [0.5, 0.6) is 0 Å². The van der Waals surface area contributed by atoms with E-state index >= 15 is 0 Å². The molecule has 0 radical (unpaired) electrons. The number of rotatable bonds is 3. The van der Waals surface area contributed by atoms with Crippen LogP contribution in [0.1, 0.15) is 20.3 Å². The molecule has 0 spiro atoms. The minimum atomic E-state index is 0.990. The van der Waals surface area contributed by atoms with Crippen molar-refractivity contribution >= 4 is 0 Å². The van der Waals surface area contributed by atoms with Gasteiger partial charge < -0.3 is 5.32 Å². The first-order valence-electron chi connectivity index (χ1n) is 2.86. The maximum absolute atomic E-state index is 3.75. The van der Waals surface area contributed by atoms with Crippen molar-refractivity contribution in [1.82, 2.24) is 5.32 Å². The molecule has 1 N–H and O–H groups in total. The lowest BCUT2D eigenvalue weighted by atomic mass is 10.4. The normalized spacial score (nSPS) is 9.75. The van der Waals surface area contributed by atoms with Crippen LogP contribution >= 0.6 is 0 Å². The molecular weight excluding hydrogens is 98.1 g/mol. The Morgan fingerprint density at radius 2 is 2.38 bits per heavy atom. The SMILES string of the molecule is C=C(CC)N/C=C\C. The maximum atomic E-state index is 3.75. The molecule has 1 nitrogen and oxygen atoms in total. The van der Waals surface area contributed by atoms with E-state index in [0.29, 0.717) is 0 Å². The van der Waals surface area contributed by atoms with E-state index in [0.717, 1.165) is 12.1 Å². The minimum Gasteiger partial charge on any atom is -0.366 e. The summed E-state index contributed by atoms with van der Waals surface area (Å²) >= 11 is 0. The predicted octanol–water partition coefficient (Wildman–Crippen LogP) is 2.03. The molecule has 0 aromatic heterocycles. The Labute approximate surface area is 51.1 Å². The lowest BCUT2D eigenvalue weighted by Crippen LogP contribution is -2.00. The molecule has 0 fully saturated rings. The van der Waals surface area contributed by atoms with E-state index in [1.165, 1.54) is 0 Å². The first-order chi connectivity index (χ1) is 3.81. The molecule has 8 heavy (non-hydrogen) atoms. The van der Waals surface area contributed by atoms with Crippen LogP contribution in [0, 0.1) is 0 Å². The Morgan fingerprint density at radius 3 is 2.75 bits per heavy atom. The summed E-state index contributed by atoms with van der Waals surface area (Å²) < 4.78 is 0. The summed E-state index contributed by atoms with van der Waals surface area (Å²) in [5.74, 6) is 0. The third kappa shape index (κ3) is 3.47. The summed E-state index contributed by atoms with van der Waals surface area (Å²) in [5, 5.41) is 3.01. The first-order valence-corrected chi connectivity index (χ1v) is 2.86. The number of hydrogen-bond donors (Lipinski definition) is 1. The topological polar surface area (TPSA) is 12.0 Å². The van der Waals surface area contributed by atoms with Crippen LogP contribution in [0.15, 0.2) is 24.6 Å². The highest BCUT2D eigenvalue weighted by Gasteiger charge is 1.78. The van der Waals surface area contributed by atoms with Crippen LogP contribution in [0.3, 0.4) is 0 Å². The van der Waals surface area contributed by atoms with Gasteiger partial charge in [-0.1, -0.05) is 19.6 Å². The number of hydrogen-bond acceptors (Lipinski definition) is 1. The quantitative estimate of drug-likeness (QED) is 0.587. The smallest absolute Gasteiger partial charge is 0.00705 e. The second kappa shape index (κ2) is 4.44. The lowest BCUT2D eigenvalue weighted by Gasteiger charge is -1.97. The summed E-state index contributed by atoms with van der Waals surface area (Å²) in [6, 6.07) is 0. The second-order valence-electron chi connectivity index (χ2n) is 1.60. The fourth-order valence-corrected chi connectivity index (χ4v) is 0.303. The predicted molar refractivity (Wildman–Crippen MR) is 37.4 cm³/mol. The van der Waals surface area contributed by atoms with E-state index in [1.807, 2.05) is 19.2 Å². The van der Waals surface area contributed by atoms with Crippen LogP contribution in [-0.2, 0) is 0 Å². The molecule has 0 heterocycles. The number of nitrogens with one attached hydrogen (secondary N) is 1. The minimum absolute atomic E-state index is 0.990. The molecule has 0 bridgehead atoms. The van der Waals surface area contributed by atoms with Crippen molar-refractivity contribution in [1.29, 1.82) is 0 Å². The summed E-state index contributed by atoms with van der Waals surface area (Å²) in [5.41, 5.74) is 1.06. The lowest BCUT2D eigenvalue weighted by molar-refractivity contribution is 0.951. The summed E-state index contributed by atoms with van der Waals surface area (Å²) in [6.07, 6.45) is 4.82. The van der Waals surface area contributed by atoms with Crippen molar-refractivity contribution in [3.63, 3.8) is 0 Å². The van der Waals surface area contributed by atoms with Crippen molar-refractivity contribution in [3.05, 3.63) is 24.6 Å². The van der Waals surface area contributed by atoms with E-state index < -0.39 is 0 Å². The second-order valence-corrected chi connectivity index (χ2v) is 1.60. The van der Waals surface area contributed by atoms with Crippen LogP contribution in [0.25, 0.3) is 0 Å². The highest BCUT2D eigenvalue weighted by atomic mass is 14.8. The van der Waals surface area contributed by atoms with Gasteiger partial charge >= 0.3 is 0 Å². The molecule has 0 aliphatic carbocycles. The van der Waals surface area contributed by atoms with Crippen molar-refractivity contribution < 1.29 is 0 Å². The van der Waals surface area contributed by atoms with Gasteiger partial charge in [-0.05, 0) is 19.5 Å². The van der Waals surface area contributed by atoms with Gasteiger partial charge in [0.25, 0.3) is 0 Å². The first kappa shape index (κ1) is 7.28. The van der Waals surface area contributed by atoms with E-state index in [4.69, 9.17) is 0 Å². The van der Waals surface area contributed by atoms with Gasteiger partial charge in [-0.25, -0.2) is 0 Å². The van der Waals surface area contributed by atoms with Gasteiger partial charge in [-0.3, -0.25) is 0 Å². The third-order valence-electron chi connectivity index (χ3n) is 0.881. The molecular formula is C7H13N. The molecule has 46 valence electrons. The molecule has 0 atom stereocenters. The van der Waals surface area contributed by atoms with Crippen molar-refractivity contribution in [3.8, 4) is 0 Å². The van der Waals surface area contributed by atoms with E-state index in [1.54, 1.807) is 0 Å². The molecule has 0 aromatic rings. The fraction of sp³-hybridized carbons (Fsp3) is 0.429. The van der Waals surface area contributed by atoms with Crippen LogP contribution in [-0.4, -0.2) is 0 Å². The van der Waals surface area contributed by atoms with E-state index in [2.05, 4.69) is 18.8 Å². The highest BCUT2D eigenvalue weighted by molar-refractivity contribution is 4.95. The monoisotopic (exact) mass is 111 g/mol. The average molecular weight is 111 g/mol. The molecule has 0 aliphatic rings. The Bertz CT molecular complexity index is 92.6. The van der Waals surface area contributed by atoms with Gasteiger partial charge in [-0.15, -0.1) is 0 Å². The molecule has 0 saturated carbocycles. The van der Waals surface area contributed by atoms with Gasteiger partial charge in [0.15, 0.2) is 0 Å². The number of allylic oxidation sites excluding steroid dienone is 2. The summed E-state index contributed by atoms with van der Waals surface area (Å²) in [4.78, 5) is 0. The molecule has 0 aliphatic heterocycles. The van der Waals surface area contributed by atoms with Gasteiger partial charge in [0, 0.05) is 5.70 Å².